The minimum atomic E-state index is -1.36. The highest BCUT2D eigenvalue weighted by atomic mass is 19.1. The number of anilines is 1. The SMILES string of the molecule is COc1cc(-c2cc(F)c(NC3(C(=O)O)CCOCC3)cc2COC2CCCC2)c(F)c(OC)c1C. The second-order valence-electron chi connectivity index (χ2n) is 9.43. The fraction of sp³-hybridized carbons (Fsp3) is 0.519. The first-order valence-electron chi connectivity index (χ1n) is 12.2. The molecular weight excluding hydrogens is 472 g/mol. The van der Waals surface area contributed by atoms with Crippen molar-refractivity contribution in [2.75, 3.05) is 32.8 Å². The average molecular weight is 506 g/mol. The average Bonchev–Trinajstić information content (AvgIpc) is 3.39. The number of hydrogen-bond acceptors (Lipinski definition) is 6. The van der Waals surface area contributed by atoms with Crippen molar-refractivity contribution in [3.05, 3.63) is 41.0 Å². The summed E-state index contributed by atoms with van der Waals surface area (Å²) in [5.41, 5.74) is 0.105. The minimum absolute atomic E-state index is 0.0154. The minimum Gasteiger partial charge on any atom is -0.496 e. The van der Waals surface area contributed by atoms with Gasteiger partial charge >= 0.3 is 5.97 Å². The van der Waals surface area contributed by atoms with Gasteiger partial charge in [-0.1, -0.05) is 12.8 Å². The van der Waals surface area contributed by atoms with Crippen molar-refractivity contribution < 1.29 is 37.6 Å². The molecular formula is C27H33F2NO6. The van der Waals surface area contributed by atoms with E-state index < -0.39 is 23.1 Å². The van der Waals surface area contributed by atoms with Gasteiger partial charge in [0.15, 0.2) is 11.6 Å². The Hall–Kier alpha value is -2.91. The number of ether oxygens (including phenoxy) is 4. The Morgan fingerprint density at radius 2 is 1.81 bits per heavy atom. The maximum Gasteiger partial charge on any atom is 0.329 e. The molecule has 0 unspecified atom stereocenters. The topological polar surface area (TPSA) is 86.3 Å². The molecule has 0 aromatic heterocycles. The number of methoxy groups -OCH3 is 2. The zero-order chi connectivity index (χ0) is 25.9. The summed E-state index contributed by atoms with van der Waals surface area (Å²) in [6, 6.07) is 4.26. The molecule has 0 amide bonds. The van der Waals surface area contributed by atoms with Gasteiger partial charge in [-0.05, 0) is 49.1 Å². The molecule has 9 heteroatoms. The van der Waals surface area contributed by atoms with E-state index in [0.717, 1.165) is 25.7 Å². The molecule has 2 fully saturated rings. The highest BCUT2D eigenvalue weighted by Gasteiger charge is 2.41. The van der Waals surface area contributed by atoms with Gasteiger partial charge < -0.3 is 29.4 Å². The number of nitrogens with one attached hydrogen (secondary N) is 1. The van der Waals surface area contributed by atoms with Gasteiger partial charge in [-0.2, -0.15) is 0 Å². The molecule has 2 aromatic rings. The molecule has 4 rings (SSSR count). The number of rotatable bonds is 9. The highest BCUT2D eigenvalue weighted by molar-refractivity contribution is 5.84. The molecule has 196 valence electrons. The van der Waals surface area contributed by atoms with E-state index in [0.29, 0.717) is 22.4 Å². The molecule has 2 aromatic carbocycles. The Balaban J connectivity index is 1.80. The second kappa shape index (κ2) is 11.0. The van der Waals surface area contributed by atoms with Crippen LogP contribution in [0.3, 0.4) is 0 Å². The summed E-state index contributed by atoms with van der Waals surface area (Å²) in [5, 5.41) is 12.8. The van der Waals surface area contributed by atoms with Gasteiger partial charge in [-0.25, -0.2) is 13.6 Å². The molecule has 1 saturated heterocycles. The van der Waals surface area contributed by atoms with Crippen LogP contribution in [-0.2, 0) is 20.9 Å². The van der Waals surface area contributed by atoms with Crippen LogP contribution in [0.15, 0.2) is 18.2 Å². The quantitative estimate of drug-likeness (QED) is 0.468. The lowest BCUT2D eigenvalue weighted by atomic mass is 9.89. The van der Waals surface area contributed by atoms with Gasteiger partial charge in [0.05, 0.1) is 32.6 Å². The summed E-state index contributed by atoms with van der Waals surface area (Å²) in [6.45, 7) is 2.31. The Kier molecular flexibility index (Phi) is 8.00. The standard InChI is InChI=1S/C27H33F2NO6/c1-16-23(33-2)14-20(24(29)25(16)34-3)19-13-21(28)22(12-17(19)15-36-18-6-4-5-7-18)30-27(26(31)32)8-10-35-11-9-27/h12-14,18,30H,4-11,15H2,1-3H3,(H,31,32). The van der Waals surface area contributed by atoms with Crippen LogP contribution in [0.2, 0.25) is 0 Å². The molecule has 1 saturated carbocycles. The van der Waals surface area contributed by atoms with E-state index in [1.807, 2.05) is 0 Å². The molecule has 36 heavy (non-hydrogen) atoms. The van der Waals surface area contributed by atoms with E-state index in [4.69, 9.17) is 18.9 Å². The van der Waals surface area contributed by atoms with Crippen molar-refractivity contribution in [1.29, 1.82) is 0 Å². The molecule has 1 aliphatic heterocycles. The van der Waals surface area contributed by atoms with Crippen molar-refractivity contribution in [2.24, 2.45) is 0 Å². The third-order valence-electron chi connectivity index (χ3n) is 7.23. The van der Waals surface area contributed by atoms with Crippen LogP contribution in [0, 0.1) is 18.6 Å². The summed E-state index contributed by atoms with van der Waals surface area (Å²) < 4.78 is 53.2. The number of carboxylic acids is 1. The first-order chi connectivity index (χ1) is 17.3. The Morgan fingerprint density at radius 1 is 1.11 bits per heavy atom. The molecule has 2 N–H and O–H groups in total. The molecule has 0 spiro atoms. The van der Waals surface area contributed by atoms with Crippen molar-refractivity contribution in [1.82, 2.24) is 0 Å². The van der Waals surface area contributed by atoms with E-state index in [-0.39, 0.29) is 55.8 Å². The lowest BCUT2D eigenvalue weighted by Gasteiger charge is -2.35. The maximum atomic E-state index is 15.6. The molecule has 1 heterocycles. The third kappa shape index (κ3) is 5.13. The molecule has 7 nitrogen and oxygen atoms in total. The highest BCUT2D eigenvalue weighted by Crippen LogP contribution is 2.41. The van der Waals surface area contributed by atoms with Gasteiger partial charge in [0.25, 0.3) is 0 Å². The smallest absolute Gasteiger partial charge is 0.329 e. The van der Waals surface area contributed by atoms with Gasteiger partial charge in [0.1, 0.15) is 17.1 Å². The third-order valence-corrected chi connectivity index (χ3v) is 7.23. The fourth-order valence-electron chi connectivity index (χ4n) is 5.07. The van der Waals surface area contributed by atoms with E-state index in [1.54, 1.807) is 6.92 Å². The Morgan fingerprint density at radius 3 is 2.42 bits per heavy atom. The number of carboxylic acid groups (broad SMARTS) is 1. The molecule has 0 bridgehead atoms. The monoisotopic (exact) mass is 505 g/mol. The van der Waals surface area contributed by atoms with Crippen molar-refractivity contribution in [2.45, 2.75) is 63.7 Å². The van der Waals surface area contributed by atoms with Crippen molar-refractivity contribution in [3.8, 4) is 22.6 Å². The van der Waals surface area contributed by atoms with Gasteiger partial charge in [0.2, 0.25) is 0 Å². The zero-order valence-electron chi connectivity index (χ0n) is 20.9. The second-order valence-corrected chi connectivity index (χ2v) is 9.43. The summed E-state index contributed by atoms with van der Waals surface area (Å²) in [4.78, 5) is 12.1. The zero-order valence-corrected chi connectivity index (χ0v) is 20.9. The van der Waals surface area contributed by atoms with Crippen molar-refractivity contribution >= 4 is 11.7 Å². The first kappa shape index (κ1) is 26.2. The fourth-order valence-corrected chi connectivity index (χ4v) is 5.07. The van der Waals surface area contributed by atoms with Crippen LogP contribution in [-0.4, -0.2) is 50.2 Å². The lowest BCUT2D eigenvalue weighted by molar-refractivity contribution is -0.145. The predicted octanol–water partition coefficient (Wildman–Crippen LogP) is 5.46. The number of hydrogen-bond donors (Lipinski definition) is 2. The number of carbonyl (C=O) groups is 1. The van der Waals surface area contributed by atoms with Gasteiger partial charge in [-0.15, -0.1) is 0 Å². The summed E-state index contributed by atoms with van der Waals surface area (Å²) in [5.74, 6) is -1.98. The van der Waals surface area contributed by atoms with E-state index in [1.165, 1.54) is 32.4 Å². The van der Waals surface area contributed by atoms with E-state index in [2.05, 4.69) is 5.32 Å². The van der Waals surface area contributed by atoms with Crippen LogP contribution in [0.1, 0.15) is 49.7 Å². The molecule has 0 radical (unpaired) electrons. The summed E-state index contributed by atoms with van der Waals surface area (Å²) in [7, 11) is 2.84. The largest absolute Gasteiger partial charge is 0.496 e. The summed E-state index contributed by atoms with van der Waals surface area (Å²) >= 11 is 0. The van der Waals surface area contributed by atoms with Crippen LogP contribution in [0.25, 0.3) is 11.1 Å². The number of aliphatic carboxylic acids is 1. The predicted molar refractivity (Wildman–Crippen MR) is 131 cm³/mol. The van der Waals surface area contributed by atoms with Crippen LogP contribution in [0.4, 0.5) is 14.5 Å². The van der Waals surface area contributed by atoms with Crippen molar-refractivity contribution in [3.63, 3.8) is 0 Å². The maximum absolute atomic E-state index is 15.6. The van der Waals surface area contributed by atoms with Crippen LogP contribution in [0.5, 0.6) is 11.5 Å². The van der Waals surface area contributed by atoms with Crippen LogP contribution >= 0.6 is 0 Å². The lowest BCUT2D eigenvalue weighted by Crippen LogP contribution is -2.50. The molecule has 1 aliphatic carbocycles. The summed E-state index contributed by atoms with van der Waals surface area (Å²) in [6.07, 6.45) is 4.49. The Bertz CT molecular complexity index is 1110. The number of halogens is 2. The normalized spacial score (nSPS) is 17.7. The van der Waals surface area contributed by atoms with E-state index >= 15 is 8.78 Å². The Labute approximate surface area is 209 Å². The van der Waals surface area contributed by atoms with Gasteiger partial charge in [-0.3, -0.25) is 0 Å². The molecule has 0 atom stereocenters. The van der Waals surface area contributed by atoms with E-state index in [9.17, 15) is 9.90 Å². The first-order valence-corrected chi connectivity index (χ1v) is 12.2. The van der Waals surface area contributed by atoms with Crippen LogP contribution < -0.4 is 14.8 Å². The van der Waals surface area contributed by atoms with Gasteiger partial charge in [0, 0.05) is 37.2 Å². The molecule has 2 aliphatic rings. The number of benzene rings is 2.